The predicted molar refractivity (Wildman–Crippen MR) is 102 cm³/mol. The van der Waals surface area contributed by atoms with E-state index in [1.807, 2.05) is 43.3 Å². The lowest BCUT2D eigenvalue weighted by atomic mass is 10.1. The van der Waals surface area contributed by atoms with Crippen LogP contribution in [0.15, 0.2) is 59.4 Å². The molecule has 0 bridgehead atoms. The fourth-order valence-corrected chi connectivity index (χ4v) is 2.57. The van der Waals surface area contributed by atoms with E-state index in [1.165, 1.54) is 6.08 Å². The van der Waals surface area contributed by atoms with Gasteiger partial charge >= 0.3 is 5.97 Å². The molecule has 1 N–H and O–H groups in total. The highest BCUT2D eigenvalue weighted by molar-refractivity contribution is 5.92. The molecule has 0 aliphatic carbocycles. The summed E-state index contributed by atoms with van der Waals surface area (Å²) in [4.78, 5) is 24.5. The van der Waals surface area contributed by atoms with Gasteiger partial charge in [0.15, 0.2) is 5.69 Å². The molecular formula is C21H15N3O3. The molecule has 0 fully saturated rings. The monoisotopic (exact) mass is 357 g/mol. The first-order chi connectivity index (χ1) is 13.0. The molecule has 0 saturated carbocycles. The molecule has 132 valence electrons. The zero-order valence-electron chi connectivity index (χ0n) is 14.5. The predicted octanol–water partition coefficient (Wildman–Crippen LogP) is 3.28. The van der Waals surface area contributed by atoms with Crippen LogP contribution in [-0.4, -0.2) is 20.9 Å². The SMILES string of the molecule is Cc1ccc(-n2nc(C(=O)O)c(/C=C/c3ccccc3)c(C#N)c2=O)cc1. The minimum Gasteiger partial charge on any atom is -0.476 e. The molecule has 0 amide bonds. The summed E-state index contributed by atoms with van der Waals surface area (Å²) in [6.07, 6.45) is 3.07. The smallest absolute Gasteiger partial charge is 0.357 e. The van der Waals surface area contributed by atoms with E-state index in [0.717, 1.165) is 15.8 Å². The normalized spacial score (nSPS) is 10.7. The Labute approximate surface area is 155 Å². The highest BCUT2D eigenvalue weighted by atomic mass is 16.4. The van der Waals surface area contributed by atoms with Crippen molar-refractivity contribution in [3.8, 4) is 11.8 Å². The number of aromatic carboxylic acids is 1. The topological polar surface area (TPSA) is 96.0 Å². The zero-order valence-corrected chi connectivity index (χ0v) is 14.5. The second kappa shape index (κ2) is 7.50. The van der Waals surface area contributed by atoms with Gasteiger partial charge in [-0.05, 0) is 24.6 Å². The largest absolute Gasteiger partial charge is 0.476 e. The maximum Gasteiger partial charge on any atom is 0.357 e. The first kappa shape index (κ1) is 17.8. The quantitative estimate of drug-likeness (QED) is 0.773. The van der Waals surface area contributed by atoms with Crippen LogP contribution in [0.2, 0.25) is 0 Å². The zero-order chi connectivity index (χ0) is 19.4. The minimum absolute atomic E-state index is 0.0118. The van der Waals surface area contributed by atoms with E-state index in [0.29, 0.717) is 5.69 Å². The molecule has 6 nitrogen and oxygen atoms in total. The van der Waals surface area contributed by atoms with E-state index in [2.05, 4.69) is 5.10 Å². The maximum atomic E-state index is 12.7. The Kier molecular flexibility index (Phi) is 4.95. The summed E-state index contributed by atoms with van der Waals surface area (Å²) in [5.74, 6) is -1.32. The summed E-state index contributed by atoms with van der Waals surface area (Å²) in [5.41, 5.74) is 0.868. The molecule has 0 saturated heterocycles. The van der Waals surface area contributed by atoms with Crippen molar-refractivity contribution in [1.82, 2.24) is 9.78 Å². The number of carboxylic acids is 1. The van der Waals surface area contributed by atoms with Crippen molar-refractivity contribution in [3.05, 3.63) is 92.9 Å². The molecular weight excluding hydrogens is 342 g/mol. The lowest BCUT2D eigenvalue weighted by molar-refractivity contribution is 0.0688. The highest BCUT2D eigenvalue weighted by Crippen LogP contribution is 2.16. The van der Waals surface area contributed by atoms with E-state index >= 15 is 0 Å². The Balaban J connectivity index is 2.22. The number of nitrogens with zero attached hydrogens (tertiary/aromatic N) is 3. The van der Waals surface area contributed by atoms with Crippen LogP contribution in [0.4, 0.5) is 0 Å². The molecule has 3 rings (SSSR count). The molecule has 1 aromatic heterocycles. The molecule has 0 aliphatic rings. The van der Waals surface area contributed by atoms with Crippen LogP contribution >= 0.6 is 0 Å². The van der Waals surface area contributed by atoms with Gasteiger partial charge in [0.2, 0.25) is 0 Å². The van der Waals surface area contributed by atoms with Gasteiger partial charge in [-0.3, -0.25) is 4.79 Å². The van der Waals surface area contributed by atoms with Gasteiger partial charge < -0.3 is 5.11 Å². The molecule has 0 atom stereocenters. The fraction of sp³-hybridized carbons (Fsp3) is 0.0476. The number of carboxylic acid groups (broad SMARTS) is 1. The first-order valence-electron chi connectivity index (χ1n) is 8.12. The van der Waals surface area contributed by atoms with Crippen molar-refractivity contribution in [2.75, 3.05) is 0 Å². The second-order valence-corrected chi connectivity index (χ2v) is 5.85. The number of carbonyl (C=O) groups is 1. The molecule has 0 unspecified atom stereocenters. The van der Waals surface area contributed by atoms with Crippen molar-refractivity contribution in [1.29, 1.82) is 5.26 Å². The molecule has 27 heavy (non-hydrogen) atoms. The summed E-state index contributed by atoms with van der Waals surface area (Å²) in [6.45, 7) is 1.89. The van der Waals surface area contributed by atoms with Crippen molar-refractivity contribution in [2.24, 2.45) is 0 Å². The van der Waals surface area contributed by atoms with E-state index in [9.17, 15) is 20.0 Å². The number of hydrogen-bond donors (Lipinski definition) is 1. The summed E-state index contributed by atoms with van der Waals surface area (Å²) >= 11 is 0. The van der Waals surface area contributed by atoms with E-state index in [1.54, 1.807) is 30.3 Å². The van der Waals surface area contributed by atoms with Gasteiger partial charge in [-0.15, -0.1) is 0 Å². The van der Waals surface area contributed by atoms with Crippen LogP contribution in [0.25, 0.3) is 17.8 Å². The molecule has 0 aliphatic heterocycles. The van der Waals surface area contributed by atoms with Crippen molar-refractivity contribution in [3.63, 3.8) is 0 Å². The Morgan fingerprint density at radius 2 is 1.78 bits per heavy atom. The van der Waals surface area contributed by atoms with E-state index in [-0.39, 0.29) is 16.8 Å². The first-order valence-corrected chi connectivity index (χ1v) is 8.12. The van der Waals surface area contributed by atoms with Gasteiger partial charge in [-0.1, -0.05) is 60.2 Å². The van der Waals surface area contributed by atoms with Crippen LogP contribution in [0.3, 0.4) is 0 Å². The molecule has 0 radical (unpaired) electrons. The molecule has 6 heteroatoms. The number of nitriles is 1. The molecule has 1 heterocycles. The van der Waals surface area contributed by atoms with Crippen LogP contribution < -0.4 is 5.56 Å². The van der Waals surface area contributed by atoms with E-state index in [4.69, 9.17) is 0 Å². The summed E-state index contributed by atoms with van der Waals surface area (Å²) in [5, 5.41) is 23.1. The van der Waals surface area contributed by atoms with Crippen molar-refractivity contribution in [2.45, 2.75) is 6.92 Å². The third kappa shape index (κ3) is 3.67. The van der Waals surface area contributed by atoms with Gasteiger partial charge in [-0.2, -0.15) is 15.0 Å². The Hall–Kier alpha value is -3.98. The van der Waals surface area contributed by atoms with Gasteiger partial charge in [0, 0.05) is 5.56 Å². The lowest BCUT2D eigenvalue weighted by Crippen LogP contribution is -2.28. The van der Waals surface area contributed by atoms with E-state index < -0.39 is 11.5 Å². The van der Waals surface area contributed by atoms with Gasteiger partial charge in [0.1, 0.15) is 11.6 Å². The highest BCUT2D eigenvalue weighted by Gasteiger charge is 2.21. The van der Waals surface area contributed by atoms with Gasteiger partial charge in [0.05, 0.1) is 5.69 Å². The van der Waals surface area contributed by atoms with Crippen molar-refractivity contribution < 1.29 is 9.90 Å². The molecule has 0 spiro atoms. The van der Waals surface area contributed by atoms with Crippen LogP contribution in [0, 0.1) is 18.3 Å². The third-order valence-electron chi connectivity index (χ3n) is 3.97. The second-order valence-electron chi connectivity index (χ2n) is 5.85. The summed E-state index contributed by atoms with van der Waals surface area (Å²) in [7, 11) is 0. The molecule has 2 aromatic carbocycles. The number of aromatic nitrogens is 2. The van der Waals surface area contributed by atoms with Crippen molar-refractivity contribution >= 4 is 18.1 Å². The van der Waals surface area contributed by atoms with Crippen LogP contribution in [-0.2, 0) is 0 Å². The number of hydrogen-bond acceptors (Lipinski definition) is 4. The summed E-state index contributed by atoms with van der Waals surface area (Å²) < 4.78 is 0.946. The Bertz CT molecular complexity index is 1120. The van der Waals surface area contributed by atoms with Crippen LogP contribution in [0.5, 0.6) is 0 Å². The lowest BCUT2D eigenvalue weighted by Gasteiger charge is -2.10. The standard InChI is InChI=1S/C21H15N3O3/c1-14-7-10-16(11-8-14)24-20(25)18(13-22)17(19(23-24)21(26)27)12-9-15-5-3-2-4-6-15/h2-12H,1H3,(H,26,27)/b12-9+. The third-order valence-corrected chi connectivity index (χ3v) is 3.97. The Morgan fingerprint density at radius 3 is 2.37 bits per heavy atom. The average molecular weight is 357 g/mol. The summed E-state index contributed by atoms with van der Waals surface area (Å²) in [6, 6.07) is 17.8. The van der Waals surface area contributed by atoms with Crippen LogP contribution in [0.1, 0.15) is 32.7 Å². The maximum absolute atomic E-state index is 12.7. The fourth-order valence-electron chi connectivity index (χ4n) is 2.57. The minimum atomic E-state index is -1.32. The molecule has 3 aromatic rings. The number of rotatable bonds is 4. The average Bonchev–Trinajstić information content (AvgIpc) is 2.67. The number of benzene rings is 2. The van der Waals surface area contributed by atoms with Gasteiger partial charge in [-0.25, -0.2) is 4.79 Å². The number of aryl methyl sites for hydroxylation is 1. The van der Waals surface area contributed by atoms with Gasteiger partial charge in [0.25, 0.3) is 5.56 Å². The Morgan fingerprint density at radius 1 is 1.11 bits per heavy atom.